The van der Waals surface area contributed by atoms with Gasteiger partial charge in [-0.15, -0.1) is 0 Å². The van der Waals surface area contributed by atoms with Crippen LogP contribution in [0.4, 0.5) is 26.3 Å². The summed E-state index contributed by atoms with van der Waals surface area (Å²) in [7, 11) is 0. The van der Waals surface area contributed by atoms with E-state index in [-0.39, 0.29) is 0 Å². The van der Waals surface area contributed by atoms with Crippen molar-refractivity contribution < 1.29 is 26.3 Å². The third-order valence-electron chi connectivity index (χ3n) is 7.34. The Bertz CT molecular complexity index is 1860. The summed E-state index contributed by atoms with van der Waals surface area (Å²) in [6, 6.07) is 19.9. The molecule has 6 rings (SSSR count). The molecule has 6 aromatic rings. The molecule has 2 heterocycles. The minimum Gasteiger partial charge on any atom is -0.342 e. The maximum absolute atomic E-state index is 14.4. The van der Waals surface area contributed by atoms with E-state index >= 15 is 0 Å². The van der Waals surface area contributed by atoms with Gasteiger partial charge in [0.05, 0.1) is 22.1 Å². The van der Waals surface area contributed by atoms with E-state index in [1.807, 2.05) is 37.3 Å². The van der Waals surface area contributed by atoms with E-state index in [2.05, 4.69) is 19.9 Å². The number of nitrogens with one attached hydrogen (secondary N) is 2. The van der Waals surface area contributed by atoms with Crippen molar-refractivity contribution in [3.05, 3.63) is 107 Å². The predicted molar refractivity (Wildman–Crippen MR) is 145 cm³/mol. The van der Waals surface area contributed by atoms with Crippen LogP contribution in [0.15, 0.2) is 84.9 Å². The number of aromatic amines is 2. The third kappa shape index (κ3) is 4.34. The van der Waals surface area contributed by atoms with Crippen LogP contribution in [0, 0.1) is 13.8 Å². The SMILES string of the molecule is Cc1ccc(C(c2ccc(-c3nc4ccc(-c5ccc6[nH]c(C)nc6c5)cc4[nH]3)cc2)(C(F)(F)F)C(F)(F)F)cc1. The van der Waals surface area contributed by atoms with Crippen LogP contribution >= 0.6 is 0 Å². The number of H-pyrrole nitrogens is 2. The number of aromatic nitrogens is 4. The average Bonchev–Trinajstić information content (AvgIpc) is 3.50. The fraction of sp³-hybridized carbons (Fsp3) is 0.161. The lowest BCUT2D eigenvalue weighted by molar-refractivity contribution is -0.288. The molecular formula is C31H22F6N4. The lowest BCUT2D eigenvalue weighted by Gasteiger charge is -2.38. The Morgan fingerprint density at radius 1 is 0.537 bits per heavy atom. The molecule has 0 unspecified atom stereocenters. The zero-order valence-corrected chi connectivity index (χ0v) is 21.7. The summed E-state index contributed by atoms with van der Waals surface area (Å²) in [5.74, 6) is 1.13. The fourth-order valence-corrected chi connectivity index (χ4v) is 5.30. The molecule has 0 fully saturated rings. The smallest absolute Gasteiger partial charge is 0.342 e. The number of imidazole rings is 2. The largest absolute Gasteiger partial charge is 0.411 e. The van der Waals surface area contributed by atoms with E-state index < -0.39 is 28.9 Å². The van der Waals surface area contributed by atoms with Crippen LogP contribution in [0.3, 0.4) is 0 Å². The summed E-state index contributed by atoms with van der Waals surface area (Å²) < 4.78 is 86.6. The summed E-state index contributed by atoms with van der Waals surface area (Å²) in [6.45, 7) is 3.47. The van der Waals surface area contributed by atoms with Crippen LogP contribution in [0.25, 0.3) is 44.6 Å². The molecule has 0 radical (unpaired) electrons. The minimum absolute atomic E-state index is 0.321. The maximum atomic E-state index is 14.4. The predicted octanol–water partition coefficient (Wildman–Crippen LogP) is 8.80. The molecular weight excluding hydrogens is 542 g/mol. The Hall–Kier alpha value is -4.60. The topological polar surface area (TPSA) is 57.4 Å². The first kappa shape index (κ1) is 26.6. The highest BCUT2D eigenvalue weighted by Crippen LogP contribution is 2.56. The van der Waals surface area contributed by atoms with E-state index in [9.17, 15) is 26.3 Å². The summed E-state index contributed by atoms with van der Waals surface area (Å²) in [5, 5.41) is 0. The number of fused-ring (bicyclic) bond motifs is 2. The van der Waals surface area contributed by atoms with E-state index in [4.69, 9.17) is 0 Å². The number of alkyl halides is 6. The van der Waals surface area contributed by atoms with Crippen molar-refractivity contribution in [1.29, 1.82) is 0 Å². The van der Waals surface area contributed by atoms with Gasteiger partial charge >= 0.3 is 12.4 Å². The Morgan fingerprint density at radius 2 is 1.10 bits per heavy atom. The van der Waals surface area contributed by atoms with Crippen molar-refractivity contribution in [2.24, 2.45) is 0 Å². The second-order valence-electron chi connectivity index (χ2n) is 10.1. The van der Waals surface area contributed by atoms with Crippen molar-refractivity contribution in [2.75, 3.05) is 0 Å². The van der Waals surface area contributed by atoms with Gasteiger partial charge in [-0.25, -0.2) is 9.97 Å². The standard InChI is InChI=1S/C31H22F6N4/c1-17-3-9-22(10-4-17)29(30(32,33)34,31(35,36)37)23-11-5-19(6-12-23)28-40-25-14-8-21(16-27(25)41-28)20-7-13-24-26(15-20)39-18(2)38-24/h3-16H,1-2H3,(H,38,39)(H,40,41). The highest BCUT2D eigenvalue weighted by molar-refractivity contribution is 5.87. The van der Waals surface area contributed by atoms with E-state index in [0.717, 1.165) is 52.3 Å². The fourth-order valence-electron chi connectivity index (χ4n) is 5.30. The number of nitrogens with zero attached hydrogens (tertiary/aromatic N) is 2. The number of hydrogen-bond donors (Lipinski definition) is 2. The molecule has 4 nitrogen and oxygen atoms in total. The first-order valence-corrected chi connectivity index (χ1v) is 12.6. The second-order valence-corrected chi connectivity index (χ2v) is 10.1. The highest BCUT2D eigenvalue weighted by Gasteiger charge is 2.72. The van der Waals surface area contributed by atoms with Crippen LogP contribution in [0.5, 0.6) is 0 Å². The number of rotatable bonds is 4. The Balaban J connectivity index is 1.39. The normalized spacial score (nSPS) is 12.9. The molecule has 0 atom stereocenters. The Labute approximate surface area is 230 Å². The molecule has 0 saturated heterocycles. The van der Waals surface area contributed by atoms with Gasteiger partial charge in [0.25, 0.3) is 0 Å². The first-order valence-electron chi connectivity index (χ1n) is 12.6. The lowest BCUT2D eigenvalue weighted by Crippen LogP contribution is -2.54. The van der Waals surface area contributed by atoms with Crippen LogP contribution in [-0.2, 0) is 5.41 Å². The highest BCUT2D eigenvalue weighted by atomic mass is 19.4. The van der Waals surface area contributed by atoms with Gasteiger partial charge in [0.1, 0.15) is 11.6 Å². The van der Waals surface area contributed by atoms with Crippen molar-refractivity contribution >= 4 is 22.1 Å². The van der Waals surface area contributed by atoms with Crippen LogP contribution < -0.4 is 0 Å². The number of aryl methyl sites for hydroxylation is 2. The molecule has 0 amide bonds. The van der Waals surface area contributed by atoms with Gasteiger partial charge in [0, 0.05) is 5.56 Å². The van der Waals surface area contributed by atoms with Crippen LogP contribution in [0.2, 0.25) is 0 Å². The van der Waals surface area contributed by atoms with Crippen molar-refractivity contribution in [1.82, 2.24) is 19.9 Å². The van der Waals surface area contributed by atoms with Crippen molar-refractivity contribution in [3.8, 4) is 22.5 Å². The quantitative estimate of drug-likeness (QED) is 0.210. The minimum atomic E-state index is -5.64. The Kier molecular flexibility index (Phi) is 5.99. The van der Waals surface area contributed by atoms with E-state index in [0.29, 0.717) is 28.0 Å². The summed E-state index contributed by atoms with van der Waals surface area (Å²) in [4.78, 5) is 15.3. The molecule has 0 saturated carbocycles. The van der Waals surface area contributed by atoms with Gasteiger partial charge < -0.3 is 9.97 Å². The second kappa shape index (κ2) is 9.22. The molecule has 4 aromatic carbocycles. The Morgan fingerprint density at radius 3 is 1.73 bits per heavy atom. The molecule has 2 aromatic heterocycles. The van der Waals surface area contributed by atoms with Gasteiger partial charge in [-0.3, -0.25) is 0 Å². The molecule has 208 valence electrons. The third-order valence-corrected chi connectivity index (χ3v) is 7.34. The number of halogens is 6. The average molecular weight is 565 g/mol. The van der Waals surface area contributed by atoms with Gasteiger partial charge in [-0.05, 0) is 60.4 Å². The monoisotopic (exact) mass is 564 g/mol. The van der Waals surface area contributed by atoms with Crippen molar-refractivity contribution in [3.63, 3.8) is 0 Å². The number of hydrogen-bond acceptors (Lipinski definition) is 2. The summed E-state index contributed by atoms with van der Waals surface area (Å²) in [6.07, 6.45) is -11.3. The molecule has 0 aliphatic rings. The zero-order valence-electron chi connectivity index (χ0n) is 21.7. The zero-order chi connectivity index (χ0) is 29.2. The first-order chi connectivity index (χ1) is 19.4. The summed E-state index contributed by atoms with van der Waals surface area (Å²) in [5.41, 5.74) is -0.280. The number of benzene rings is 4. The van der Waals surface area contributed by atoms with Crippen LogP contribution in [-0.4, -0.2) is 32.3 Å². The molecule has 41 heavy (non-hydrogen) atoms. The molecule has 0 aliphatic carbocycles. The molecule has 10 heteroatoms. The van der Waals surface area contributed by atoms with Gasteiger partial charge in [0.15, 0.2) is 0 Å². The van der Waals surface area contributed by atoms with E-state index in [1.165, 1.54) is 24.3 Å². The van der Waals surface area contributed by atoms with E-state index in [1.54, 1.807) is 13.0 Å². The lowest BCUT2D eigenvalue weighted by atomic mass is 9.72. The molecule has 0 bridgehead atoms. The molecule has 0 spiro atoms. The van der Waals surface area contributed by atoms with Gasteiger partial charge in [0.2, 0.25) is 5.41 Å². The molecule has 0 aliphatic heterocycles. The summed E-state index contributed by atoms with van der Waals surface area (Å²) >= 11 is 0. The molecule has 2 N–H and O–H groups in total. The van der Waals surface area contributed by atoms with Crippen LogP contribution in [0.1, 0.15) is 22.5 Å². The van der Waals surface area contributed by atoms with Gasteiger partial charge in [-0.2, -0.15) is 26.3 Å². The maximum Gasteiger partial charge on any atom is 0.411 e. The van der Waals surface area contributed by atoms with Crippen molar-refractivity contribution in [2.45, 2.75) is 31.6 Å². The van der Waals surface area contributed by atoms with Gasteiger partial charge in [-0.1, -0.05) is 66.2 Å².